The summed E-state index contributed by atoms with van der Waals surface area (Å²) in [6.45, 7) is 2.08. The Morgan fingerprint density at radius 1 is 0.900 bits per heavy atom. The predicted molar refractivity (Wildman–Crippen MR) is 105 cm³/mol. The van der Waals surface area contributed by atoms with Gasteiger partial charge in [-0.2, -0.15) is 4.31 Å². The van der Waals surface area contributed by atoms with Gasteiger partial charge >= 0.3 is 6.03 Å². The number of nitrogens with zero attached hydrogens (tertiary/aromatic N) is 1. The molecule has 0 saturated carbocycles. The van der Waals surface area contributed by atoms with Crippen LogP contribution in [0.25, 0.3) is 17.4 Å². The zero-order valence-corrected chi connectivity index (χ0v) is 16.5. The van der Waals surface area contributed by atoms with Crippen LogP contribution in [0.5, 0.6) is 0 Å². The maximum Gasteiger partial charge on any atom is 0.328 e. The molecule has 2 saturated heterocycles. The van der Waals surface area contributed by atoms with Crippen molar-refractivity contribution in [2.45, 2.75) is 4.90 Å². The van der Waals surface area contributed by atoms with Crippen LogP contribution in [0.3, 0.4) is 0 Å². The molecular formula is C19H18N4O6S. The summed E-state index contributed by atoms with van der Waals surface area (Å²) in [5, 5.41) is 7.08. The second kappa shape index (κ2) is 7.86. The molecule has 3 N–H and O–H groups in total. The maximum atomic E-state index is 12.7. The molecule has 4 rings (SSSR count). The Labute approximate surface area is 172 Å². The molecular weight excluding hydrogens is 412 g/mol. The molecule has 11 heteroatoms. The number of carbonyl (C=O) groups excluding carboxylic acids is 3. The summed E-state index contributed by atoms with van der Waals surface area (Å²) in [5.74, 6) is -0.966. The van der Waals surface area contributed by atoms with Gasteiger partial charge in [-0.1, -0.05) is 0 Å². The highest BCUT2D eigenvalue weighted by molar-refractivity contribution is 7.89. The molecule has 2 aromatic rings. The predicted octanol–water partition coefficient (Wildman–Crippen LogP) is 0.290. The van der Waals surface area contributed by atoms with E-state index in [1.54, 1.807) is 24.3 Å². The number of amides is 4. The van der Waals surface area contributed by atoms with E-state index in [0.29, 0.717) is 37.5 Å². The van der Waals surface area contributed by atoms with Crippen molar-refractivity contribution in [3.8, 4) is 11.3 Å². The molecule has 0 unspecified atom stereocenters. The van der Waals surface area contributed by atoms with E-state index in [1.807, 2.05) is 10.6 Å². The second-order valence-corrected chi connectivity index (χ2v) is 8.61. The molecule has 30 heavy (non-hydrogen) atoms. The Balaban J connectivity index is 1.54. The fraction of sp³-hybridized carbons (Fsp3) is 0.211. The van der Waals surface area contributed by atoms with E-state index in [-0.39, 0.29) is 16.2 Å². The maximum absolute atomic E-state index is 12.7. The van der Waals surface area contributed by atoms with Gasteiger partial charge in [-0.3, -0.25) is 20.2 Å². The summed E-state index contributed by atoms with van der Waals surface area (Å²) >= 11 is 0. The number of sulfonamides is 1. The number of furan rings is 1. The van der Waals surface area contributed by atoms with Crippen LogP contribution in [0.15, 0.2) is 51.3 Å². The Kier molecular flexibility index (Phi) is 5.24. The summed E-state index contributed by atoms with van der Waals surface area (Å²) in [7, 11) is -3.55. The van der Waals surface area contributed by atoms with Crippen LogP contribution in [0.4, 0.5) is 4.79 Å². The smallest absolute Gasteiger partial charge is 0.328 e. The molecule has 0 bridgehead atoms. The molecule has 0 aliphatic carbocycles. The summed E-state index contributed by atoms with van der Waals surface area (Å²) < 4.78 is 32.5. The van der Waals surface area contributed by atoms with Gasteiger partial charge in [0.25, 0.3) is 11.8 Å². The zero-order valence-electron chi connectivity index (χ0n) is 15.7. The number of hydrogen-bond acceptors (Lipinski definition) is 7. The Bertz CT molecular complexity index is 1120. The molecule has 2 fully saturated rings. The van der Waals surface area contributed by atoms with Gasteiger partial charge in [0, 0.05) is 31.7 Å². The second-order valence-electron chi connectivity index (χ2n) is 6.68. The molecule has 156 valence electrons. The monoisotopic (exact) mass is 430 g/mol. The number of nitrogens with one attached hydrogen (secondary N) is 3. The molecule has 0 radical (unpaired) electrons. The molecule has 4 amide bonds. The van der Waals surface area contributed by atoms with E-state index in [4.69, 9.17) is 4.42 Å². The molecule has 1 aromatic heterocycles. The van der Waals surface area contributed by atoms with Crippen molar-refractivity contribution in [3.05, 3.63) is 47.7 Å². The molecule has 2 aliphatic heterocycles. The number of imide groups is 2. The van der Waals surface area contributed by atoms with E-state index in [0.717, 1.165) is 0 Å². The van der Waals surface area contributed by atoms with Gasteiger partial charge in [0.05, 0.1) is 4.90 Å². The number of piperazine rings is 1. The number of benzene rings is 1. The normalized spacial score (nSPS) is 18.1. The van der Waals surface area contributed by atoms with E-state index < -0.39 is 27.9 Å². The largest absolute Gasteiger partial charge is 0.457 e. The lowest BCUT2D eigenvalue weighted by Gasteiger charge is -2.26. The number of carbonyl (C=O) groups is 3. The van der Waals surface area contributed by atoms with Crippen molar-refractivity contribution in [1.29, 1.82) is 0 Å². The number of rotatable bonds is 4. The number of urea groups is 1. The molecule has 0 atom stereocenters. The van der Waals surface area contributed by atoms with E-state index in [1.165, 1.54) is 22.5 Å². The van der Waals surface area contributed by atoms with Crippen molar-refractivity contribution in [2.24, 2.45) is 0 Å². The number of barbiturate groups is 1. The van der Waals surface area contributed by atoms with Crippen molar-refractivity contribution < 1.29 is 27.2 Å². The summed E-state index contributed by atoms with van der Waals surface area (Å²) in [4.78, 5) is 34.9. The van der Waals surface area contributed by atoms with Gasteiger partial charge in [-0.25, -0.2) is 13.2 Å². The van der Waals surface area contributed by atoms with E-state index >= 15 is 0 Å². The first-order valence-electron chi connectivity index (χ1n) is 9.14. The van der Waals surface area contributed by atoms with Gasteiger partial charge in [-0.05, 0) is 42.5 Å². The van der Waals surface area contributed by atoms with Gasteiger partial charge in [-0.15, -0.1) is 0 Å². The summed E-state index contributed by atoms with van der Waals surface area (Å²) in [6, 6.07) is 8.61. The highest BCUT2D eigenvalue weighted by atomic mass is 32.2. The minimum atomic E-state index is -3.55. The molecule has 3 heterocycles. The Morgan fingerprint density at radius 2 is 1.53 bits per heavy atom. The van der Waals surface area contributed by atoms with Crippen LogP contribution >= 0.6 is 0 Å². The molecule has 0 spiro atoms. The van der Waals surface area contributed by atoms with Gasteiger partial charge < -0.3 is 9.73 Å². The summed E-state index contributed by atoms with van der Waals surface area (Å²) in [5.41, 5.74) is 0.375. The fourth-order valence-electron chi connectivity index (χ4n) is 3.16. The SMILES string of the molecule is O=C1NC(=O)C(=Cc2ccc(-c3ccc(S(=O)(=O)N4CCNCC4)cc3)o2)C(=O)N1. The highest BCUT2D eigenvalue weighted by Gasteiger charge is 2.28. The Hall–Kier alpha value is -3.28. The van der Waals surface area contributed by atoms with Crippen molar-refractivity contribution in [3.63, 3.8) is 0 Å². The minimum absolute atomic E-state index is 0.197. The average molecular weight is 430 g/mol. The van der Waals surface area contributed by atoms with E-state index in [9.17, 15) is 22.8 Å². The van der Waals surface area contributed by atoms with Gasteiger partial charge in [0.1, 0.15) is 17.1 Å². The Morgan fingerprint density at radius 3 is 2.17 bits per heavy atom. The summed E-state index contributed by atoms with van der Waals surface area (Å²) in [6.07, 6.45) is 1.23. The van der Waals surface area contributed by atoms with E-state index in [2.05, 4.69) is 5.32 Å². The lowest BCUT2D eigenvalue weighted by Crippen LogP contribution is -2.51. The van der Waals surface area contributed by atoms with Crippen LogP contribution in [0.2, 0.25) is 0 Å². The third-order valence-corrected chi connectivity index (χ3v) is 6.62. The van der Waals surface area contributed by atoms with Crippen molar-refractivity contribution >= 4 is 33.9 Å². The lowest BCUT2D eigenvalue weighted by molar-refractivity contribution is -0.123. The van der Waals surface area contributed by atoms with Crippen LogP contribution in [-0.4, -0.2) is 56.7 Å². The standard InChI is InChI=1S/C19H18N4O6S/c24-17-15(18(25)22-19(26)21-17)11-13-3-6-16(29-13)12-1-4-14(5-2-12)30(27,28)23-9-7-20-8-10-23/h1-6,11,20H,7-10H2,(H2,21,22,24,25,26). The average Bonchev–Trinajstić information content (AvgIpc) is 3.20. The first-order chi connectivity index (χ1) is 14.3. The highest BCUT2D eigenvalue weighted by Crippen LogP contribution is 2.26. The topological polar surface area (TPSA) is 138 Å². The number of hydrogen-bond donors (Lipinski definition) is 3. The van der Waals surface area contributed by atoms with Crippen LogP contribution in [0.1, 0.15) is 5.76 Å². The first-order valence-corrected chi connectivity index (χ1v) is 10.6. The lowest BCUT2D eigenvalue weighted by atomic mass is 10.1. The van der Waals surface area contributed by atoms with Crippen LogP contribution in [0, 0.1) is 0 Å². The van der Waals surface area contributed by atoms with Crippen molar-refractivity contribution in [2.75, 3.05) is 26.2 Å². The molecule has 10 nitrogen and oxygen atoms in total. The van der Waals surface area contributed by atoms with Gasteiger partial charge in [0.15, 0.2) is 0 Å². The minimum Gasteiger partial charge on any atom is -0.457 e. The van der Waals surface area contributed by atoms with Crippen molar-refractivity contribution in [1.82, 2.24) is 20.3 Å². The molecule has 1 aromatic carbocycles. The third kappa shape index (κ3) is 3.90. The van der Waals surface area contributed by atoms with Crippen LogP contribution < -0.4 is 16.0 Å². The fourth-order valence-corrected chi connectivity index (χ4v) is 4.60. The first kappa shape index (κ1) is 20.0. The third-order valence-electron chi connectivity index (χ3n) is 4.71. The van der Waals surface area contributed by atoms with Gasteiger partial charge in [0.2, 0.25) is 10.0 Å². The molecule has 2 aliphatic rings. The zero-order chi connectivity index (χ0) is 21.3. The van der Waals surface area contributed by atoms with Crippen LogP contribution in [-0.2, 0) is 19.6 Å². The quantitative estimate of drug-likeness (QED) is 0.468.